The Kier molecular flexibility index (Phi) is 6.05. The van der Waals surface area contributed by atoms with Crippen molar-refractivity contribution in [1.82, 2.24) is 29.0 Å². The van der Waals surface area contributed by atoms with Gasteiger partial charge in [0.05, 0.1) is 17.3 Å². The van der Waals surface area contributed by atoms with Crippen LogP contribution in [0, 0.1) is 6.92 Å². The molecule has 5 heterocycles. The van der Waals surface area contributed by atoms with Crippen molar-refractivity contribution in [3.05, 3.63) is 54.1 Å². The highest BCUT2D eigenvalue weighted by atomic mass is 32.2. The third-order valence-corrected chi connectivity index (χ3v) is 8.37. The normalized spacial score (nSPS) is 16.8. The van der Waals surface area contributed by atoms with Gasteiger partial charge in [0.1, 0.15) is 11.6 Å². The van der Waals surface area contributed by atoms with Crippen LogP contribution in [0.1, 0.15) is 37.4 Å². The van der Waals surface area contributed by atoms with Crippen molar-refractivity contribution in [3.8, 4) is 11.4 Å². The summed E-state index contributed by atoms with van der Waals surface area (Å²) in [5.41, 5.74) is 4.45. The first kappa shape index (κ1) is 23.2. The third kappa shape index (κ3) is 4.30. The molecule has 0 spiro atoms. The summed E-state index contributed by atoms with van der Waals surface area (Å²) in [7, 11) is 1.91. The lowest BCUT2D eigenvalue weighted by atomic mass is 9.94. The molecule has 6 rings (SSSR count). The van der Waals surface area contributed by atoms with Gasteiger partial charge in [0.25, 0.3) is 0 Å². The highest BCUT2D eigenvalue weighted by molar-refractivity contribution is 7.97. The van der Waals surface area contributed by atoms with Gasteiger partial charge >= 0.3 is 0 Å². The van der Waals surface area contributed by atoms with Crippen LogP contribution >= 0.6 is 11.9 Å². The molecular formula is C27H32N8S. The number of fused-ring (bicyclic) bond motifs is 1. The monoisotopic (exact) mass is 500 g/mol. The van der Waals surface area contributed by atoms with Crippen molar-refractivity contribution in [2.24, 2.45) is 7.05 Å². The maximum absolute atomic E-state index is 4.80. The van der Waals surface area contributed by atoms with E-state index in [2.05, 4.69) is 56.7 Å². The first-order valence-electron chi connectivity index (χ1n) is 12.6. The molecule has 9 heteroatoms. The summed E-state index contributed by atoms with van der Waals surface area (Å²) >= 11 is 2.01. The van der Waals surface area contributed by atoms with E-state index in [1.807, 2.05) is 44.4 Å². The molecule has 1 N–H and O–H groups in total. The standard InChI is InChI=1S/C27H32N8S/c1-17(2)20-6-7-24(34-14-19(15-34)35-10-5-11-36-35)22-13-29-26(12-21(20)22)30-25-8-9-28-27(31-25)23-16-33(4)32-18(23)3/h6-9,12-13,16-17,19H,5,10-11,14-15H2,1-4H3,(H,28,29,30,31). The number of nitrogens with one attached hydrogen (secondary N) is 1. The van der Waals surface area contributed by atoms with Crippen LogP contribution in [0.15, 0.2) is 42.9 Å². The molecule has 0 amide bonds. The molecule has 2 aliphatic rings. The zero-order chi connectivity index (χ0) is 24.8. The van der Waals surface area contributed by atoms with Crippen molar-refractivity contribution < 1.29 is 0 Å². The first-order valence-corrected chi connectivity index (χ1v) is 13.6. The summed E-state index contributed by atoms with van der Waals surface area (Å²) < 4.78 is 4.36. The van der Waals surface area contributed by atoms with Gasteiger partial charge in [-0.1, -0.05) is 31.9 Å². The van der Waals surface area contributed by atoms with Crippen LogP contribution in [-0.2, 0) is 7.05 Å². The minimum absolute atomic E-state index is 0.418. The Balaban J connectivity index is 1.29. The fourth-order valence-corrected chi connectivity index (χ4v) is 6.29. The Morgan fingerprint density at radius 1 is 1.08 bits per heavy atom. The van der Waals surface area contributed by atoms with Crippen LogP contribution in [0.5, 0.6) is 0 Å². The summed E-state index contributed by atoms with van der Waals surface area (Å²) in [5, 5.41) is 10.3. The number of nitrogens with zero attached hydrogens (tertiary/aromatic N) is 7. The van der Waals surface area contributed by atoms with Gasteiger partial charge in [-0.25, -0.2) is 19.3 Å². The SMILES string of the molecule is Cc1nn(C)cc1-c1nccc(Nc2cc3c(C(C)C)ccc(N4CC(N5CCCS5)C4)c3cn2)n1. The van der Waals surface area contributed by atoms with E-state index in [1.165, 1.54) is 40.7 Å². The Bertz CT molecular complexity index is 1400. The van der Waals surface area contributed by atoms with E-state index in [0.717, 1.165) is 30.2 Å². The number of aryl methyl sites for hydroxylation is 2. The third-order valence-electron chi connectivity index (χ3n) is 7.09. The molecule has 36 heavy (non-hydrogen) atoms. The Hall–Kier alpha value is -3.17. The summed E-state index contributed by atoms with van der Waals surface area (Å²) in [5.74, 6) is 3.83. The fourth-order valence-electron chi connectivity index (χ4n) is 5.19. The molecule has 2 fully saturated rings. The Morgan fingerprint density at radius 3 is 2.67 bits per heavy atom. The highest BCUT2D eigenvalue weighted by Crippen LogP contribution is 2.38. The molecule has 0 saturated carbocycles. The van der Waals surface area contributed by atoms with Gasteiger partial charge in [-0.3, -0.25) is 4.68 Å². The molecule has 0 atom stereocenters. The summed E-state index contributed by atoms with van der Waals surface area (Å²) in [6.45, 7) is 9.86. The molecule has 3 aromatic heterocycles. The van der Waals surface area contributed by atoms with Crippen molar-refractivity contribution >= 4 is 40.0 Å². The molecule has 0 bridgehead atoms. The van der Waals surface area contributed by atoms with E-state index in [-0.39, 0.29) is 0 Å². The molecule has 8 nitrogen and oxygen atoms in total. The molecular weight excluding hydrogens is 468 g/mol. The number of aromatic nitrogens is 5. The molecule has 2 aliphatic heterocycles. The van der Waals surface area contributed by atoms with Crippen molar-refractivity contribution in [1.29, 1.82) is 0 Å². The zero-order valence-corrected chi connectivity index (χ0v) is 22.1. The van der Waals surface area contributed by atoms with Gasteiger partial charge in [-0.2, -0.15) is 5.10 Å². The molecule has 186 valence electrons. The average Bonchev–Trinajstić information content (AvgIpc) is 3.47. The molecule has 4 aromatic rings. The number of hydrogen-bond donors (Lipinski definition) is 1. The fraction of sp³-hybridized carbons (Fsp3) is 0.407. The first-order chi connectivity index (χ1) is 17.5. The summed E-state index contributed by atoms with van der Waals surface area (Å²) in [6, 6.07) is 9.27. The second-order valence-corrected chi connectivity index (χ2v) is 11.2. The zero-order valence-electron chi connectivity index (χ0n) is 21.3. The summed E-state index contributed by atoms with van der Waals surface area (Å²) in [4.78, 5) is 16.5. The number of rotatable bonds is 6. The Labute approximate surface area is 216 Å². The molecule has 0 aliphatic carbocycles. The van der Waals surface area contributed by atoms with E-state index in [1.54, 1.807) is 10.9 Å². The van der Waals surface area contributed by atoms with Crippen LogP contribution in [0.2, 0.25) is 0 Å². The van der Waals surface area contributed by atoms with Crippen molar-refractivity contribution in [2.75, 3.05) is 35.6 Å². The van der Waals surface area contributed by atoms with Gasteiger partial charge in [-0.15, -0.1) is 0 Å². The predicted octanol–water partition coefficient (Wildman–Crippen LogP) is 5.14. The largest absolute Gasteiger partial charge is 0.368 e. The maximum Gasteiger partial charge on any atom is 0.164 e. The number of pyridine rings is 1. The lowest BCUT2D eigenvalue weighted by molar-refractivity contribution is 0.308. The average molecular weight is 501 g/mol. The van der Waals surface area contributed by atoms with E-state index in [4.69, 9.17) is 9.97 Å². The van der Waals surface area contributed by atoms with Crippen molar-refractivity contribution in [3.63, 3.8) is 0 Å². The molecule has 0 radical (unpaired) electrons. The van der Waals surface area contributed by atoms with Crippen molar-refractivity contribution in [2.45, 2.75) is 39.2 Å². The topological polar surface area (TPSA) is 75.0 Å². The minimum atomic E-state index is 0.418. The molecule has 1 aromatic carbocycles. The lowest BCUT2D eigenvalue weighted by Crippen LogP contribution is -2.57. The van der Waals surface area contributed by atoms with Crippen LogP contribution in [0.4, 0.5) is 17.3 Å². The number of hydrogen-bond acceptors (Lipinski definition) is 8. The van der Waals surface area contributed by atoms with Gasteiger partial charge in [0.2, 0.25) is 0 Å². The van der Waals surface area contributed by atoms with E-state index in [9.17, 15) is 0 Å². The highest BCUT2D eigenvalue weighted by Gasteiger charge is 2.34. The van der Waals surface area contributed by atoms with Gasteiger partial charge in [0, 0.05) is 62.1 Å². The van der Waals surface area contributed by atoms with Crippen LogP contribution in [0.3, 0.4) is 0 Å². The van der Waals surface area contributed by atoms with E-state index < -0.39 is 0 Å². The van der Waals surface area contributed by atoms with Crippen LogP contribution in [0.25, 0.3) is 22.2 Å². The van der Waals surface area contributed by atoms with Crippen LogP contribution < -0.4 is 10.2 Å². The van der Waals surface area contributed by atoms with Gasteiger partial charge in [-0.05, 0) is 48.4 Å². The summed E-state index contributed by atoms with van der Waals surface area (Å²) in [6.07, 6.45) is 7.05. The minimum Gasteiger partial charge on any atom is -0.368 e. The van der Waals surface area contributed by atoms with E-state index in [0.29, 0.717) is 23.6 Å². The Morgan fingerprint density at radius 2 is 1.94 bits per heavy atom. The molecule has 2 saturated heterocycles. The predicted molar refractivity (Wildman–Crippen MR) is 148 cm³/mol. The van der Waals surface area contributed by atoms with Gasteiger partial charge < -0.3 is 10.2 Å². The smallest absolute Gasteiger partial charge is 0.164 e. The number of benzene rings is 1. The second kappa shape index (κ2) is 9.37. The number of anilines is 3. The van der Waals surface area contributed by atoms with E-state index >= 15 is 0 Å². The lowest BCUT2D eigenvalue weighted by Gasteiger charge is -2.45. The quantitative estimate of drug-likeness (QED) is 0.365. The maximum atomic E-state index is 4.80. The van der Waals surface area contributed by atoms with Crippen LogP contribution in [-0.4, -0.2) is 60.5 Å². The second-order valence-electron chi connectivity index (χ2n) is 10.0. The van der Waals surface area contributed by atoms with Gasteiger partial charge in [0.15, 0.2) is 5.82 Å². The molecule has 0 unspecified atom stereocenters.